The summed E-state index contributed by atoms with van der Waals surface area (Å²) in [5.41, 5.74) is -0.288. The van der Waals surface area contributed by atoms with E-state index < -0.39 is 17.2 Å². The fraction of sp³-hybridized carbons (Fsp3) is 0.435. The number of nitrogens with zero attached hydrogens (tertiary/aromatic N) is 2. The van der Waals surface area contributed by atoms with Crippen LogP contribution < -0.4 is 10.3 Å². The molecule has 0 atom stereocenters. The smallest absolute Gasteiger partial charge is 0.271 e. The summed E-state index contributed by atoms with van der Waals surface area (Å²) in [6.07, 6.45) is 2.43. The van der Waals surface area contributed by atoms with Crippen molar-refractivity contribution in [1.82, 2.24) is 4.57 Å². The summed E-state index contributed by atoms with van der Waals surface area (Å²) in [7, 11) is 0. The lowest BCUT2D eigenvalue weighted by Crippen LogP contribution is -2.27. The van der Waals surface area contributed by atoms with Gasteiger partial charge in [-0.2, -0.15) is 5.26 Å². The zero-order valence-corrected chi connectivity index (χ0v) is 17.7. The first kappa shape index (κ1) is 23.2. The lowest BCUT2D eigenvalue weighted by Gasteiger charge is -2.15. The van der Waals surface area contributed by atoms with Crippen molar-refractivity contribution in [3.05, 3.63) is 56.9 Å². The van der Waals surface area contributed by atoms with Gasteiger partial charge in [0.1, 0.15) is 17.4 Å². The average molecular weight is 412 g/mol. The van der Waals surface area contributed by atoms with Gasteiger partial charge < -0.3 is 14.6 Å². The molecule has 0 saturated carbocycles. The van der Waals surface area contributed by atoms with Crippen LogP contribution in [0, 0.1) is 18.3 Å². The third-order valence-electron chi connectivity index (χ3n) is 4.78. The minimum Gasteiger partial charge on any atom is -0.494 e. The summed E-state index contributed by atoms with van der Waals surface area (Å²) in [5, 5.41) is 20.2. The Kier molecular flexibility index (Phi) is 8.63. The molecule has 7 nitrogen and oxygen atoms in total. The van der Waals surface area contributed by atoms with Crippen molar-refractivity contribution in [2.24, 2.45) is 0 Å². The summed E-state index contributed by atoms with van der Waals surface area (Å²) in [6, 6.07) is 8.48. The van der Waals surface area contributed by atoms with E-state index >= 15 is 0 Å². The van der Waals surface area contributed by atoms with E-state index in [2.05, 4.69) is 6.92 Å². The van der Waals surface area contributed by atoms with Gasteiger partial charge in [0, 0.05) is 25.3 Å². The molecule has 1 aromatic heterocycles. The van der Waals surface area contributed by atoms with E-state index in [0.29, 0.717) is 37.6 Å². The number of ketones is 1. The first-order valence-corrected chi connectivity index (χ1v) is 10.2. The molecule has 7 heteroatoms. The fourth-order valence-electron chi connectivity index (χ4n) is 3.08. The maximum Gasteiger partial charge on any atom is 0.271 e. The number of carbonyl (C=O) groups is 1. The van der Waals surface area contributed by atoms with Crippen LogP contribution in [0.15, 0.2) is 29.1 Å². The summed E-state index contributed by atoms with van der Waals surface area (Å²) in [4.78, 5) is 25.7. The summed E-state index contributed by atoms with van der Waals surface area (Å²) < 4.78 is 11.9. The molecule has 0 unspecified atom stereocenters. The Labute approximate surface area is 176 Å². The molecule has 0 bridgehead atoms. The lowest BCUT2D eigenvalue weighted by atomic mass is 9.97. The van der Waals surface area contributed by atoms with Crippen LogP contribution in [0.2, 0.25) is 0 Å². The predicted octanol–water partition coefficient (Wildman–Crippen LogP) is 3.57. The highest BCUT2D eigenvalue weighted by molar-refractivity contribution is 6.11. The van der Waals surface area contributed by atoms with E-state index in [0.717, 1.165) is 17.4 Å². The third kappa shape index (κ3) is 5.28. The normalized spacial score (nSPS) is 10.6. The molecule has 0 radical (unpaired) electrons. The molecule has 0 aliphatic rings. The van der Waals surface area contributed by atoms with Crippen LogP contribution >= 0.6 is 0 Å². The number of hydrogen-bond acceptors (Lipinski definition) is 6. The first-order chi connectivity index (χ1) is 14.5. The van der Waals surface area contributed by atoms with Crippen molar-refractivity contribution >= 4 is 5.78 Å². The van der Waals surface area contributed by atoms with Crippen LogP contribution in [0.5, 0.6) is 11.6 Å². The molecule has 0 fully saturated rings. The van der Waals surface area contributed by atoms with Gasteiger partial charge in [-0.1, -0.05) is 13.3 Å². The van der Waals surface area contributed by atoms with Gasteiger partial charge >= 0.3 is 0 Å². The fourth-order valence-corrected chi connectivity index (χ4v) is 3.08. The Balaban J connectivity index is 2.38. The van der Waals surface area contributed by atoms with Gasteiger partial charge in [-0.15, -0.1) is 0 Å². The van der Waals surface area contributed by atoms with Crippen LogP contribution in [0.1, 0.15) is 60.2 Å². The standard InChI is InChI=1S/C23H28N2O5/c1-4-6-14-30-18-10-8-17(9-11-18)21(26)20-16(3)19(15-24)22(27)25(23(20)28)12-7-13-29-5-2/h8-11,28H,4-7,12-14H2,1-3H3. The maximum atomic E-state index is 13.1. The molecular formula is C23H28N2O5. The minimum absolute atomic E-state index is 0.0396. The van der Waals surface area contributed by atoms with Crippen LogP contribution in [0.4, 0.5) is 0 Å². The van der Waals surface area contributed by atoms with E-state index in [1.54, 1.807) is 24.3 Å². The van der Waals surface area contributed by atoms with E-state index in [4.69, 9.17) is 9.47 Å². The number of aromatic hydroxyl groups is 1. The molecule has 0 aliphatic heterocycles. The van der Waals surface area contributed by atoms with Crippen LogP contribution in [-0.4, -0.2) is 35.3 Å². The zero-order chi connectivity index (χ0) is 22.1. The number of hydrogen-bond donors (Lipinski definition) is 1. The quantitative estimate of drug-likeness (QED) is 0.447. The number of aromatic nitrogens is 1. The Hall–Kier alpha value is -3.11. The number of rotatable bonds is 11. The van der Waals surface area contributed by atoms with Crippen molar-refractivity contribution in [1.29, 1.82) is 5.26 Å². The molecule has 2 rings (SSSR count). The molecule has 0 spiro atoms. The van der Waals surface area contributed by atoms with Crippen LogP contribution in [0.3, 0.4) is 0 Å². The molecule has 0 saturated heterocycles. The number of unbranched alkanes of at least 4 members (excludes halogenated alkanes) is 1. The lowest BCUT2D eigenvalue weighted by molar-refractivity contribution is 0.103. The highest BCUT2D eigenvalue weighted by Gasteiger charge is 2.24. The number of pyridine rings is 1. The van der Waals surface area contributed by atoms with Gasteiger partial charge in [0.05, 0.1) is 12.2 Å². The van der Waals surface area contributed by atoms with Crippen LogP contribution in [0.25, 0.3) is 0 Å². The molecule has 1 heterocycles. The van der Waals surface area contributed by atoms with E-state index in [1.807, 2.05) is 13.0 Å². The summed E-state index contributed by atoms with van der Waals surface area (Å²) in [5.74, 6) is -0.235. The highest BCUT2D eigenvalue weighted by atomic mass is 16.5. The van der Waals surface area contributed by atoms with Crippen LogP contribution in [-0.2, 0) is 11.3 Å². The van der Waals surface area contributed by atoms with E-state index in [9.17, 15) is 20.0 Å². The maximum absolute atomic E-state index is 13.1. The van der Waals surface area contributed by atoms with Crippen molar-refractivity contribution in [2.45, 2.75) is 46.6 Å². The number of nitriles is 1. The van der Waals surface area contributed by atoms with Gasteiger partial charge in [0.2, 0.25) is 5.88 Å². The molecular weight excluding hydrogens is 384 g/mol. The predicted molar refractivity (Wildman–Crippen MR) is 113 cm³/mol. The van der Waals surface area contributed by atoms with Gasteiger partial charge in [-0.3, -0.25) is 14.2 Å². The highest BCUT2D eigenvalue weighted by Crippen LogP contribution is 2.26. The molecule has 0 aliphatic carbocycles. The van der Waals surface area contributed by atoms with Crippen molar-refractivity contribution in [2.75, 3.05) is 19.8 Å². The zero-order valence-electron chi connectivity index (χ0n) is 17.7. The first-order valence-electron chi connectivity index (χ1n) is 10.2. The molecule has 1 N–H and O–H groups in total. The second-order valence-corrected chi connectivity index (χ2v) is 6.87. The number of carbonyl (C=O) groups excluding carboxylic acids is 1. The largest absolute Gasteiger partial charge is 0.494 e. The Morgan fingerprint density at radius 2 is 1.87 bits per heavy atom. The second-order valence-electron chi connectivity index (χ2n) is 6.87. The van der Waals surface area contributed by atoms with Gasteiger partial charge in [-0.25, -0.2) is 0 Å². The molecule has 30 heavy (non-hydrogen) atoms. The minimum atomic E-state index is -0.611. The topological polar surface area (TPSA) is 102 Å². The third-order valence-corrected chi connectivity index (χ3v) is 4.78. The Morgan fingerprint density at radius 1 is 1.17 bits per heavy atom. The van der Waals surface area contributed by atoms with Gasteiger partial charge in [0.25, 0.3) is 5.56 Å². The average Bonchev–Trinajstić information content (AvgIpc) is 2.74. The number of ether oxygens (including phenoxy) is 2. The number of benzene rings is 1. The molecule has 1 aromatic carbocycles. The van der Waals surface area contributed by atoms with Gasteiger partial charge in [0.15, 0.2) is 5.78 Å². The van der Waals surface area contributed by atoms with E-state index in [1.165, 1.54) is 6.92 Å². The summed E-state index contributed by atoms with van der Waals surface area (Å²) in [6.45, 7) is 7.12. The monoisotopic (exact) mass is 412 g/mol. The van der Waals surface area contributed by atoms with E-state index in [-0.39, 0.29) is 23.2 Å². The van der Waals surface area contributed by atoms with Crippen molar-refractivity contribution < 1.29 is 19.4 Å². The molecule has 0 amide bonds. The summed E-state index contributed by atoms with van der Waals surface area (Å²) >= 11 is 0. The van der Waals surface area contributed by atoms with Crippen molar-refractivity contribution in [3.63, 3.8) is 0 Å². The molecule has 160 valence electrons. The SMILES string of the molecule is CCCCOc1ccc(C(=O)c2c(C)c(C#N)c(=O)n(CCCOCC)c2O)cc1. The molecule has 2 aromatic rings. The van der Waals surface area contributed by atoms with Crippen molar-refractivity contribution in [3.8, 4) is 17.7 Å². The second kappa shape index (κ2) is 11.2. The Morgan fingerprint density at radius 3 is 2.47 bits per heavy atom. The Bertz CT molecular complexity index is 971. The van der Waals surface area contributed by atoms with Gasteiger partial charge in [-0.05, 0) is 56.5 Å².